The fourth-order valence-corrected chi connectivity index (χ4v) is 3.69. The molecule has 0 saturated carbocycles. The van der Waals surface area contributed by atoms with Crippen LogP contribution in [0.5, 0.6) is 0 Å². The number of hydrogen-bond acceptors (Lipinski definition) is 4. The number of carbonyl (C=O) groups is 1. The molecule has 5 nitrogen and oxygen atoms in total. The van der Waals surface area contributed by atoms with Gasteiger partial charge in [-0.1, -0.05) is 27.7 Å². The number of piperazine rings is 1. The molecule has 0 spiro atoms. The first-order valence-corrected chi connectivity index (χ1v) is 9.40. The molecular formula is C18H36N4O. The minimum Gasteiger partial charge on any atom is -0.341 e. The van der Waals surface area contributed by atoms with E-state index in [4.69, 9.17) is 0 Å². The molecule has 5 heteroatoms. The Morgan fingerprint density at radius 2 is 1.70 bits per heavy atom. The van der Waals surface area contributed by atoms with Gasteiger partial charge in [0.25, 0.3) is 0 Å². The fourth-order valence-electron chi connectivity index (χ4n) is 3.69. The van der Waals surface area contributed by atoms with E-state index < -0.39 is 0 Å². The molecule has 0 aromatic heterocycles. The van der Waals surface area contributed by atoms with Gasteiger partial charge >= 0.3 is 0 Å². The summed E-state index contributed by atoms with van der Waals surface area (Å²) in [6, 6.07) is 0.714. The van der Waals surface area contributed by atoms with E-state index in [0.717, 1.165) is 52.4 Å². The topological polar surface area (TPSA) is 38.8 Å². The molecule has 2 saturated heterocycles. The summed E-state index contributed by atoms with van der Waals surface area (Å²) in [4.78, 5) is 19.7. The summed E-state index contributed by atoms with van der Waals surface area (Å²) in [5.41, 5.74) is 0. The number of hydrogen-bond donors (Lipinski definition) is 1. The largest absolute Gasteiger partial charge is 0.341 e. The molecule has 134 valence electrons. The van der Waals surface area contributed by atoms with E-state index in [1.54, 1.807) is 0 Å². The quantitative estimate of drug-likeness (QED) is 0.761. The van der Waals surface area contributed by atoms with E-state index in [0.29, 0.717) is 30.3 Å². The van der Waals surface area contributed by atoms with Crippen LogP contribution >= 0.6 is 0 Å². The molecule has 1 atom stereocenters. The second-order valence-corrected chi connectivity index (χ2v) is 8.05. The summed E-state index contributed by atoms with van der Waals surface area (Å²) in [6.07, 6.45) is 1.27. The van der Waals surface area contributed by atoms with Crippen molar-refractivity contribution in [3.05, 3.63) is 0 Å². The van der Waals surface area contributed by atoms with Crippen molar-refractivity contribution in [3.63, 3.8) is 0 Å². The molecule has 0 radical (unpaired) electrons. The Bertz CT molecular complexity index is 348. The number of carbonyl (C=O) groups excluding carboxylic acids is 1. The minimum absolute atomic E-state index is 0.309. The maximum absolute atomic E-state index is 12.7. The monoisotopic (exact) mass is 324 g/mol. The van der Waals surface area contributed by atoms with E-state index in [1.165, 1.54) is 6.42 Å². The molecule has 1 amide bonds. The third-order valence-electron chi connectivity index (χ3n) is 4.84. The van der Waals surface area contributed by atoms with Gasteiger partial charge in [-0.3, -0.25) is 14.6 Å². The molecule has 0 bridgehead atoms. The van der Waals surface area contributed by atoms with Crippen LogP contribution in [0.1, 0.15) is 34.1 Å². The van der Waals surface area contributed by atoms with Gasteiger partial charge in [-0.15, -0.1) is 0 Å². The molecule has 1 N–H and O–H groups in total. The van der Waals surface area contributed by atoms with Crippen LogP contribution < -0.4 is 5.32 Å². The molecular weight excluding hydrogens is 288 g/mol. The average Bonchev–Trinajstić information content (AvgIpc) is 3.00. The van der Waals surface area contributed by atoms with Crippen molar-refractivity contribution in [2.45, 2.75) is 40.2 Å². The summed E-state index contributed by atoms with van der Waals surface area (Å²) in [7, 11) is 0. The molecule has 23 heavy (non-hydrogen) atoms. The molecule has 0 aliphatic carbocycles. The predicted octanol–water partition coefficient (Wildman–Crippen LogP) is 1.11. The van der Waals surface area contributed by atoms with E-state index in [-0.39, 0.29) is 0 Å². The van der Waals surface area contributed by atoms with Crippen LogP contribution in [0.25, 0.3) is 0 Å². The second-order valence-electron chi connectivity index (χ2n) is 8.05. The molecule has 0 aromatic carbocycles. The van der Waals surface area contributed by atoms with Crippen LogP contribution in [0.15, 0.2) is 0 Å². The van der Waals surface area contributed by atoms with Crippen LogP contribution in [0, 0.1) is 11.8 Å². The molecule has 2 aliphatic heterocycles. The first-order valence-electron chi connectivity index (χ1n) is 9.40. The molecule has 1 unspecified atom stereocenters. The normalized spacial score (nSPS) is 23.8. The van der Waals surface area contributed by atoms with Crippen LogP contribution in [-0.2, 0) is 4.79 Å². The van der Waals surface area contributed by atoms with Crippen molar-refractivity contribution in [2.24, 2.45) is 11.8 Å². The molecule has 0 aromatic rings. The van der Waals surface area contributed by atoms with Crippen LogP contribution in [0.3, 0.4) is 0 Å². The van der Waals surface area contributed by atoms with Crippen molar-refractivity contribution < 1.29 is 4.79 Å². The summed E-state index contributed by atoms with van der Waals surface area (Å²) in [5.74, 6) is 1.37. The molecule has 2 aliphatic rings. The third-order valence-corrected chi connectivity index (χ3v) is 4.84. The molecule has 2 heterocycles. The minimum atomic E-state index is 0.309. The van der Waals surface area contributed by atoms with Crippen LogP contribution in [0.2, 0.25) is 0 Å². The van der Waals surface area contributed by atoms with Gasteiger partial charge in [-0.25, -0.2) is 0 Å². The van der Waals surface area contributed by atoms with Gasteiger partial charge < -0.3 is 10.2 Å². The average molecular weight is 325 g/mol. The van der Waals surface area contributed by atoms with E-state index in [2.05, 4.69) is 47.7 Å². The Kier molecular flexibility index (Phi) is 7.31. The summed E-state index contributed by atoms with van der Waals surface area (Å²) in [5, 5.41) is 3.45. The van der Waals surface area contributed by atoms with Gasteiger partial charge in [0, 0.05) is 51.9 Å². The Morgan fingerprint density at radius 3 is 2.17 bits per heavy atom. The number of nitrogens with one attached hydrogen (secondary N) is 1. The second kappa shape index (κ2) is 9.00. The summed E-state index contributed by atoms with van der Waals surface area (Å²) < 4.78 is 0. The zero-order valence-electron chi connectivity index (χ0n) is 15.6. The Balaban J connectivity index is 1.77. The van der Waals surface area contributed by atoms with Crippen LogP contribution in [-0.4, -0.2) is 85.6 Å². The van der Waals surface area contributed by atoms with Gasteiger partial charge in [0.1, 0.15) is 0 Å². The standard InChI is InChI=1S/C18H36N4O/c1-15(2)12-22(13-16(3)4)18(23)14-20-7-9-21(10-8-20)17-5-6-19-11-17/h15-17,19H,5-14H2,1-4H3. The van der Waals surface area contributed by atoms with Crippen molar-refractivity contribution in [3.8, 4) is 0 Å². The summed E-state index contributed by atoms with van der Waals surface area (Å²) in [6.45, 7) is 17.7. The fraction of sp³-hybridized carbons (Fsp3) is 0.944. The lowest BCUT2D eigenvalue weighted by molar-refractivity contribution is -0.134. The summed E-state index contributed by atoms with van der Waals surface area (Å²) >= 11 is 0. The lowest BCUT2D eigenvalue weighted by Crippen LogP contribution is -2.53. The predicted molar refractivity (Wildman–Crippen MR) is 95.5 cm³/mol. The van der Waals surface area contributed by atoms with Gasteiger partial charge in [0.15, 0.2) is 0 Å². The Morgan fingerprint density at radius 1 is 1.09 bits per heavy atom. The van der Waals surface area contributed by atoms with Crippen molar-refractivity contribution in [2.75, 3.05) is 58.9 Å². The van der Waals surface area contributed by atoms with Crippen LogP contribution in [0.4, 0.5) is 0 Å². The highest BCUT2D eigenvalue weighted by Crippen LogP contribution is 2.12. The Labute approximate surface area is 142 Å². The number of rotatable bonds is 7. The highest BCUT2D eigenvalue weighted by Gasteiger charge is 2.27. The zero-order valence-corrected chi connectivity index (χ0v) is 15.6. The molecule has 2 rings (SSSR count). The van der Waals surface area contributed by atoms with Gasteiger partial charge in [0.2, 0.25) is 5.91 Å². The van der Waals surface area contributed by atoms with Gasteiger partial charge in [0.05, 0.1) is 6.54 Å². The van der Waals surface area contributed by atoms with E-state index in [1.807, 2.05) is 0 Å². The van der Waals surface area contributed by atoms with Gasteiger partial charge in [-0.05, 0) is 24.8 Å². The van der Waals surface area contributed by atoms with Gasteiger partial charge in [-0.2, -0.15) is 0 Å². The first kappa shape index (κ1) is 18.7. The number of nitrogens with zero attached hydrogens (tertiary/aromatic N) is 3. The van der Waals surface area contributed by atoms with E-state index >= 15 is 0 Å². The third kappa shape index (κ3) is 6.05. The highest BCUT2D eigenvalue weighted by atomic mass is 16.2. The first-order chi connectivity index (χ1) is 11.0. The smallest absolute Gasteiger partial charge is 0.236 e. The van der Waals surface area contributed by atoms with Crippen molar-refractivity contribution in [1.82, 2.24) is 20.0 Å². The lowest BCUT2D eigenvalue weighted by atomic mass is 10.1. The van der Waals surface area contributed by atoms with Crippen molar-refractivity contribution in [1.29, 1.82) is 0 Å². The zero-order chi connectivity index (χ0) is 16.8. The highest BCUT2D eigenvalue weighted by molar-refractivity contribution is 5.78. The maximum atomic E-state index is 12.7. The Hall–Kier alpha value is -0.650. The lowest BCUT2D eigenvalue weighted by Gasteiger charge is -2.38. The van der Waals surface area contributed by atoms with E-state index in [9.17, 15) is 4.79 Å². The van der Waals surface area contributed by atoms with Crippen molar-refractivity contribution >= 4 is 5.91 Å². The SMILES string of the molecule is CC(C)CN(CC(C)C)C(=O)CN1CCN(C2CCNC2)CC1. The molecule has 2 fully saturated rings. The number of amides is 1. The maximum Gasteiger partial charge on any atom is 0.236 e.